The average Bonchev–Trinajstić information content (AvgIpc) is 2.32. The van der Waals surface area contributed by atoms with Crippen LogP contribution < -0.4 is 5.73 Å². The summed E-state index contributed by atoms with van der Waals surface area (Å²) in [5, 5.41) is 0. The van der Waals surface area contributed by atoms with Crippen molar-refractivity contribution >= 4 is 15.7 Å². The third-order valence-electron chi connectivity index (χ3n) is 3.66. The number of hydrogen-bond acceptors (Lipinski definition) is 3. The molecule has 1 aromatic rings. The molecule has 6 heteroatoms. The molecular formula is C13H19FN2O2S. The Balaban J connectivity index is 2.34. The van der Waals surface area contributed by atoms with E-state index in [-0.39, 0.29) is 16.6 Å². The van der Waals surface area contributed by atoms with Gasteiger partial charge in [-0.05, 0) is 43.9 Å². The van der Waals surface area contributed by atoms with Gasteiger partial charge in [0, 0.05) is 12.6 Å². The van der Waals surface area contributed by atoms with Crippen LogP contribution in [0.25, 0.3) is 0 Å². The Morgan fingerprint density at radius 2 is 2.05 bits per heavy atom. The molecule has 0 radical (unpaired) electrons. The lowest BCUT2D eigenvalue weighted by molar-refractivity contribution is 0.220. The van der Waals surface area contributed by atoms with Crippen molar-refractivity contribution < 1.29 is 12.8 Å². The maximum atomic E-state index is 13.4. The van der Waals surface area contributed by atoms with Gasteiger partial charge in [-0.15, -0.1) is 0 Å². The first-order valence-corrected chi connectivity index (χ1v) is 7.83. The third kappa shape index (κ3) is 2.74. The molecule has 0 bridgehead atoms. The molecular weight excluding hydrogens is 267 g/mol. The predicted molar refractivity (Wildman–Crippen MR) is 72.6 cm³/mol. The second-order valence-electron chi connectivity index (χ2n) is 5.28. The van der Waals surface area contributed by atoms with Gasteiger partial charge in [-0.25, -0.2) is 12.8 Å². The zero-order chi connectivity index (χ0) is 14.2. The number of halogens is 1. The first-order valence-electron chi connectivity index (χ1n) is 6.39. The van der Waals surface area contributed by atoms with E-state index < -0.39 is 15.8 Å². The molecule has 4 nitrogen and oxygen atoms in total. The summed E-state index contributed by atoms with van der Waals surface area (Å²) in [5.41, 5.74) is 5.33. The van der Waals surface area contributed by atoms with Crippen molar-refractivity contribution in [3.8, 4) is 0 Å². The van der Waals surface area contributed by atoms with Crippen LogP contribution in [0.2, 0.25) is 0 Å². The van der Waals surface area contributed by atoms with Gasteiger partial charge in [-0.3, -0.25) is 0 Å². The molecule has 1 aromatic carbocycles. The van der Waals surface area contributed by atoms with Crippen LogP contribution in [-0.4, -0.2) is 25.3 Å². The molecule has 2 rings (SSSR count). The number of benzene rings is 1. The summed E-state index contributed by atoms with van der Waals surface area (Å²) in [6, 6.07) is 3.59. The molecule has 0 amide bonds. The molecule has 0 spiro atoms. The average molecular weight is 286 g/mol. The van der Waals surface area contributed by atoms with Crippen molar-refractivity contribution in [3.05, 3.63) is 24.0 Å². The van der Waals surface area contributed by atoms with Crippen LogP contribution in [0.5, 0.6) is 0 Å². The van der Waals surface area contributed by atoms with Gasteiger partial charge in [0.2, 0.25) is 10.0 Å². The number of nitrogens with zero attached hydrogens (tertiary/aromatic N) is 1. The van der Waals surface area contributed by atoms with Crippen LogP contribution in [-0.2, 0) is 10.0 Å². The van der Waals surface area contributed by atoms with E-state index in [9.17, 15) is 12.8 Å². The smallest absolute Gasteiger partial charge is 0.243 e. The van der Waals surface area contributed by atoms with Gasteiger partial charge in [0.05, 0.1) is 10.6 Å². The maximum Gasteiger partial charge on any atom is 0.243 e. The summed E-state index contributed by atoms with van der Waals surface area (Å²) in [7, 11) is -3.64. The summed E-state index contributed by atoms with van der Waals surface area (Å²) in [6.07, 6.45) is 1.66. The quantitative estimate of drug-likeness (QED) is 0.848. The summed E-state index contributed by atoms with van der Waals surface area (Å²) in [6.45, 7) is 4.49. The molecule has 0 aliphatic carbocycles. The van der Waals surface area contributed by atoms with Crippen LogP contribution in [0, 0.1) is 11.7 Å². The molecule has 1 saturated heterocycles. The van der Waals surface area contributed by atoms with Gasteiger partial charge < -0.3 is 5.73 Å². The zero-order valence-electron chi connectivity index (χ0n) is 11.1. The van der Waals surface area contributed by atoms with E-state index in [0.29, 0.717) is 12.5 Å². The van der Waals surface area contributed by atoms with Gasteiger partial charge in [-0.2, -0.15) is 4.31 Å². The Bertz CT molecular complexity index is 574. The van der Waals surface area contributed by atoms with Crippen LogP contribution in [0.15, 0.2) is 23.1 Å². The Hall–Kier alpha value is -1.14. The summed E-state index contributed by atoms with van der Waals surface area (Å²) >= 11 is 0. The van der Waals surface area contributed by atoms with Gasteiger partial charge >= 0.3 is 0 Å². The molecule has 106 valence electrons. The molecule has 1 aliphatic heterocycles. The normalized spacial score (nSPS) is 25.4. The second kappa shape index (κ2) is 5.09. The maximum absolute atomic E-state index is 13.4. The summed E-state index contributed by atoms with van der Waals surface area (Å²) in [5.74, 6) is -0.177. The van der Waals surface area contributed by atoms with Gasteiger partial charge in [0.1, 0.15) is 5.82 Å². The van der Waals surface area contributed by atoms with E-state index in [0.717, 1.165) is 18.9 Å². The minimum absolute atomic E-state index is 0.0272. The van der Waals surface area contributed by atoms with E-state index in [1.54, 1.807) is 0 Å². The van der Waals surface area contributed by atoms with E-state index in [1.165, 1.54) is 16.4 Å². The Labute approximate surface area is 113 Å². The molecule has 19 heavy (non-hydrogen) atoms. The minimum Gasteiger partial charge on any atom is -0.396 e. The SMILES string of the molecule is CC1CCN(S(=O)(=O)c2ccc(N)c(F)c2)C(C)C1. The molecule has 1 fully saturated rings. The fourth-order valence-electron chi connectivity index (χ4n) is 2.55. The van der Waals surface area contributed by atoms with E-state index in [1.807, 2.05) is 6.92 Å². The number of nitrogens with two attached hydrogens (primary N) is 1. The number of nitrogen functional groups attached to an aromatic ring is 1. The fraction of sp³-hybridized carbons (Fsp3) is 0.538. The van der Waals surface area contributed by atoms with Gasteiger partial charge in [0.25, 0.3) is 0 Å². The van der Waals surface area contributed by atoms with Crippen LogP contribution >= 0.6 is 0 Å². The lowest BCUT2D eigenvalue weighted by Gasteiger charge is -2.35. The Morgan fingerprint density at radius 1 is 1.37 bits per heavy atom. The van der Waals surface area contributed by atoms with Crippen molar-refractivity contribution in [2.24, 2.45) is 5.92 Å². The Kier molecular flexibility index (Phi) is 3.82. The van der Waals surface area contributed by atoms with Crippen LogP contribution in [0.1, 0.15) is 26.7 Å². The highest BCUT2D eigenvalue weighted by Gasteiger charge is 2.33. The standard InChI is InChI=1S/C13H19FN2O2S/c1-9-5-6-16(10(2)7-9)19(17,18)11-3-4-13(15)12(14)8-11/h3-4,8-10H,5-7,15H2,1-2H3. The summed E-state index contributed by atoms with van der Waals surface area (Å²) in [4.78, 5) is -0.0272. The van der Waals surface area contributed by atoms with E-state index in [4.69, 9.17) is 5.73 Å². The molecule has 2 unspecified atom stereocenters. The number of anilines is 1. The zero-order valence-corrected chi connectivity index (χ0v) is 12.0. The van der Waals surface area contributed by atoms with Crippen molar-refractivity contribution in [1.29, 1.82) is 0 Å². The summed E-state index contributed by atoms with van der Waals surface area (Å²) < 4.78 is 39.9. The van der Waals surface area contributed by atoms with Gasteiger partial charge in [-0.1, -0.05) is 6.92 Å². The highest BCUT2D eigenvalue weighted by Crippen LogP contribution is 2.28. The topological polar surface area (TPSA) is 63.4 Å². The van der Waals surface area contributed by atoms with Crippen LogP contribution in [0.3, 0.4) is 0 Å². The molecule has 2 atom stereocenters. The van der Waals surface area contributed by atoms with E-state index in [2.05, 4.69) is 6.92 Å². The monoisotopic (exact) mass is 286 g/mol. The number of sulfonamides is 1. The lowest BCUT2D eigenvalue weighted by Crippen LogP contribution is -2.44. The van der Waals surface area contributed by atoms with Crippen molar-refractivity contribution in [1.82, 2.24) is 4.31 Å². The molecule has 0 saturated carbocycles. The van der Waals surface area contributed by atoms with Crippen molar-refractivity contribution in [2.75, 3.05) is 12.3 Å². The third-order valence-corrected chi connectivity index (χ3v) is 5.67. The highest BCUT2D eigenvalue weighted by molar-refractivity contribution is 7.89. The van der Waals surface area contributed by atoms with Crippen LogP contribution in [0.4, 0.5) is 10.1 Å². The number of piperidine rings is 1. The van der Waals surface area contributed by atoms with Gasteiger partial charge in [0.15, 0.2) is 0 Å². The minimum atomic E-state index is -3.64. The largest absolute Gasteiger partial charge is 0.396 e. The molecule has 1 aliphatic rings. The lowest BCUT2D eigenvalue weighted by atomic mass is 9.95. The second-order valence-corrected chi connectivity index (χ2v) is 7.17. The number of rotatable bonds is 2. The fourth-order valence-corrected chi connectivity index (χ4v) is 4.22. The molecule has 1 heterocycles. The Morgan fingerprint density at radius 3 is 2.63 bits per heavy atom. The highest BCUT2D eigenvalue weighted by atomic mass is 32.2. The first-order chi connectivity index (χ1) is 8.82. The van der Waals surface area contributed by atoms with E-state index >= 15 is 0 Å². The first kappa shape index (κ1) is 14.3. The molecule has 0 aromatic heterocycles. The molecule has 2 N–H and O–H groups in total. The van der Waals surface area contributed by atoms with Crippen molar-refractivity contribution in [3.63, 3.8) is 0 Å². The number of hydrogen-bond donors (Lipinski definition) is 1. The van der Waals surface area contributed by atoms with Crippen molar-refractivity contribution in [2.45, 2.75) is 37.6 Å². The predicted octanol–water partition coefficient (Wildman–Crippen LogP) is 2.22.